The van der Waals surface area contributed by atoms with Gasteiger partial charge in [0.05, 0.1) is 25.4 Å². The van der Waals surface area contributed by atoms with Gasteiger partial charge in [0.15, 0.2) is 6.29 Å². The third kappa shape index (κ3) is 38.2. The van der Waals surface area contributed by atoms with Gasteiger partial charge in [0.1, 0.15) is 24.4 Å². The molecule has 1 aliphatic rings. The van der Waals surface area contributed by atoms with Crippen LogP contribution in [0.15, 0.2) is 109 Å². The average molecular weight is 964 g/mol. The van der Waals surface area contributed by atoms with E-state index in [0.29, 0.717) is 12.8 Å². The van der Waals surface area contributed by atoms with Crippen molar-refractivity contribution in [3.63, 3.8) is 0 Å². The first-order valence-electron chi connectivity index (χ1n) is 27.6. The van der Waals surface area contributed by atoms with Crippen molar-refractivity contribution >= 4 is 5.91 Å². The van der Waals surface area contributed by atoms with Crippen molar-refractivity contribution < 1.29 is 39.8 Å². The molecule has 1 aliphatic heterocycles. The van der Waals surface area contributed by atoms with E-state index in [1.165, 1.54) is 70.6 Å². The summed E-state index contributed by atoms with van der Waals surface area (Å²) in [6.45, 7) is 3.61. The Morgan fingerprint density at radius 1 is 0.507 bits per heavy atom. The number of unbranched alkanes of at least 4 members (excludes halogenated alkanes) is 17. The molecule has 0 aromatic carbocycles. The van der Waals surface area contributed by atoms with Crippen LogP contribution in [0.5, 0.6) is 0 Å². The summed E-state index contributed by atoms with van der Waals surface area (Å²) in [4.78, 5) is 12.9. The van der Waals surface area contributed by atoms with Crippen LogP contribution in [0, 0.1) is 0 Å². The molecule has 394 valence electrons. The van der Waals surface area contributed by atoms with Gasteiger partial charge in [-0.2, -0.15) is 0 Å². The predicted molar refractivity (Wildman–Crippen MR) is 290 cm³/mol. The summed E-state index contributed by atoms with van der Waals surface area (Å²) in [5.74, 6) is -0.157. The van der Waals surface area contributed by atoms with Crippen molar-refractivity contribution in [1.82, 2.24) is 5.32 Å². The molecule has 1 fully saturated rings. The van der Waals surface area contributed by atoms with Crippen molar-refractivity contribution in [1.29, 1.82) is 0 Å². The van der Waals surface area contributed by atoms with Gasteiger partial charge in [-0.1, -0.05) is 226 Å². The summed E-state index contributed by atoms with van der Waals surface area (Å²) in [6.07, 6.45) is 64.7. The normalized spacial score (nSPS) is 20.4. The zero-order chi connectivity index (χ0) is 50.1. The van der Waals surface area contributed by atoms with Gasteiger partial charge in [0.25, 0.3) is 0 Å². The maximum absolute atomic E-state index is 12.9. The van der Waals surface area contributed by atoms with Crippen LogP contribution in [0.3, 0.4) is 0 Å². The number of amides is 1. The lowest BCUT2D eigenvalue weighted by molar-refractivity contribution is -0.302. The SMILES string of the molecule is CC/C=C\C/C=C\C/C=C\C/C=C\C/C=C\C/C=C\C/C=C\C/C=C\C/C=C\CCCCCCCCCCCCCCCC(=O)NC(COC1OC(CO)C(O)C(O)C1O)C(O)CCCCCCC. The predicted octanol–water partition coefficient (Wildman–Crippen LogP) is 13.4. The fourth-order valence-corrected chi connectivity index (χ4v) is 8.03. The Hall–Kier alpha value is -3.15. The number of allylic oxidation sites excluding steroid dienone is 18. The molecule has 0 aromatic rings. The van der Waals surface area contributed by atoms with Gasteiger partial charge in [-0.15, -0.1) is 0 Å². The number of hydrogen-bond donors (Lipinski definition) is 6. The second-order valence-corrected chi connectivity index (χ2v) is 18.6. The average Bonchev–Trinajstić information content (AvgIpc) is 3.35. The molecule has 1 rings (SSSR count). The number of aliphatic hydroxyl groups is 5. The van der Waals surface area contributed by atoms with Crippen molar-refractivity contribution in [3.05, 3.63) is 109 Å². The molecule has 1 heterocycles. The van der Waals surface area contributed by atoms with Gasteiger partial charge in [-0.05, 0) is 83.5 Å². The molecular formula is C60H101NO8. The van der Waals surface area contributed by atoms with E-state index >= 15 is 0 Å². The number of hydrogen-bond acceptors (Lipinski definition) is 8. The second kappa shape index (κ2) is 48.5. The first-order chi connectivity index (χ1) is 33.8. The molecule has 6 N–H and O–H groups in total. The van der Waals surface area contributed by atoms with Gasteiger partial charge in [0.2, 0.25) is 5.91 Å². The van der Waals surface area contributed by atoms with Gasteiger partial charge < -0.3 is 40.3 Å². The van der Waals surface area contributed by atoms with Crippen LogP contribution in [0.25, 0.3) is 0 Å². The molecule has 0 aromatic heterocycles. The highest BCUT2D eigenvalue weighted by molar-refractivity contribution is 5.76. The van der Waals surface area contributed by atoms with Crippen LogP contribution >= 0.6 is 0 Å². The molecule has 0 bridgehead atoms. The minimum Gasteiger partial charge on any atom is -0.394 e. The van der Waals surface area contributed by atoms with Crippen LogP contribution < -0.4 is 5.32 Å². The summed E-state index contributed by atoms with van der Waals surface area (Å²) in [6, 6.07) is -0.721. The van der Waals surface area contributed by atoms with Crippen molar-refractivity contribution in [3.8, 4) is 0 Å². The van der Waals surface area contributed by atoms with E-state index in [9.17, 15) is 30.3 Å². The monoisotopic (exact) mass is 964 g/mol. The highest BCUT2D eigenvalue weighted by Crippen LogP contribution is 2.23. The lowest BCUT2D eigenvalue weighted by Crippen LogP contribution is -2.60. The Bertz CT molecular complexity index is 1440. The van der Waals surface area contributed by atoms with E-state index in [2.05, 4.69) is 129 Å². The zero-order valence-corrected chi connectivity index (χ0v) is 43.5. The van der Waals surface area contributed by atoms with Crippen LogP contribution in [-0.2, 0) is 14.3 Å². The molecule has 69 heavy (non-hydrogen) atoms. The van der Waals surface area contributed by atoms with E-state index in [1.54, 1.807) is 0 Å². The van der Waals surface area contributed by atoms with Crippen LogP contribution in [0.2, 0.25) is 0 Å². The van der Waals surface area contributed by atoms with Gasteiger partial charge in [-0.25, -0.2) is 0 Å². The standard InChI is InChI=1S/C60H101NO8/c1-3-5-7-9-10-11-12-13-14-15-16-17-18-19-20-21-22-23-24-25-26-27-28-29-30-31-32-33-34-35-36-37-38-39-40-41-42-43-44-46-48-50-56(64)61-53(54(63)49-47-45-8-6-4-2)52-68-60-59(67)58(66)57(65)55(51-62)69-60/h5,7,10-11,13-14,16-17,19-20,22-23,25-26,28-29,31-32,53-55,57-60,62-63,65-67H,3-4,6,8-9,12,15,18,21,24,27,30,33-52H2,1-2H3,(H,61,64)/b7-5-,11-10-,14-13-,17-16-,20-19-,23-22-,26-25-,29-28-,32-31-. The van der Waals surface area contributed by atoms with E-state index in [1.807, 2.05) is 0 Å². The van der Waals surface area contributed by atoms with Gasteiger partial charge in [0, 0.05) is 6.42 Å². The Morgan fingerprint density at radius 2 is 0.899 bits per heavy atom. The van der Waals surface area contributed by atoms with E-state index in [-0.39, 0.29) is 12.5 Å². The van der Waals surface area contributed by atoms with Crippen LogP contribution in [0.4, 0.5) is 0 Å². The Kier molecular flexibility index (Phi) is 44.9. The largest absolute Gasteiger partial charge is 0.394 e. The highest BCUT2D eigenvalue weighted by Gasteiger charge is 2.44. The molecule has 9 nitrogen and oxygen atoms in total. The van der Waals surface area contributed by atoms with E-state index in [0.717, 1.165) is 109 Å². The second-order valence-electron chi connectivity index (χ2n) is 18.6. The smallest absolute Gasteiger partial charge is 0.220 e. The fraction of sp³-hybridized carbons (Fsp3) is 0.683. The van der Waals surface area contributed by atoms with Gasteiger partial charge in [-0.3, -0.25) is 4.79 Å². The molecule has 7 atom stereocenters. The number of ether oxygens (including phenoxy) is 2. The number of aliphatic hydroxyl groups excluding tert-OH is 5. The van der Waals surface area contributed by atoms with E-state index in [4.69, 9.17) is 9.47 Å². The maximum Gasteiger partial charge on any atom is 0.220 e. The number of carbonyl (C=O) groups is 1. The minimum atomic E-state index is -1.55. The van der Waals surface area contributed by atoms with Crippen molar-refractivity contribution in [2.75, 3.05) is 13.2 Å². The third-order valence-corrected chi connectivity index (χ3v) is 12.4. The summed E-state index contributed by atoms with van der Waals surface area (Å²) < 4.78 is 11.2. The van der Waals surface area contributed by atoms with Crippen molar-refractivity contribution in [2.45, 2.75) is 249 Å². The van der Waals surface area contributed by atoms with Gasteiger partial charge >= 0.3 is 0 Å². The topological polar surface area (TPSA) is 149 Å². The summed E-state index contributed by atoms with van der Waals surface area (Å²) in [5.41, 5.74) is 0. The number of rotatable bonds is 45. The van der Waals surface area contributed by atoms with E-state index < -0.39 is 49.5 Å². The first kappa shape index (κ1) is 63.9. The molecule has 1 amide bonds. The molecule has 7 unspecified atom stereocenters. The third-order valence-electron chi connectivity index (χ3n) is 12.4. The number of carbonyl (C=O) groups excluding carboxylic acids is 1. The lowest BCUT2D eigenvalue weighted by atomic mass is 9.99. The Labute approximate surface area is 421 Å². The summed E-state index contributed by atoms with van der Waals surface area (Å²) in [7, 11) is 0. The molecular weight excluding hydrogens is 863 g/mol. The zero-order valence-electron chi connectivity index (χ0n) is 43.5. The van der Waals surface area contributed by atoms with Crippen molar-refractivity contribution in [2.24, 2.45) is 0 Å². The van der Waals surface area contributed by atoms with Crippen LogP contribution in [0.1, 0.15) is 206 Å². The lowest BCUT2D eigenvalue weighted by Gasteiger charge is -2.40. The highest BCUT2D eigenvalue weighted by atomic mass is 16.7. The quantitative estimate of drug-likeness (QED) is 0.0261. The maximum atomic E-state index is 12.9. The molecule has 0 spiro atoms. The Balaban J connectivity index is 2.01. The number of nitrogens with one attached hydrogen (secondary N) is 1. The van der Waals surface area contributed by atoms with Crippen LogP contribution in [-0.4, -0.2) is 87.5 Å². The Morgan fingerprint density at radius 3 is 1.33 bits per heavy atom. The fourth-order valence-electron chi connectivity index (χ4n) is 8.03. The first-order valence-corrected chi connectivity index (χ1v) is 27.6. The minimum absolute atomic E-state index is 0.145. The summed E-state index contributed by atoms with van der Waals surface area (Å²) in [5, 5.41) is 54.0. The molecule has 0 radical (unpaired) electrons. The molecule has 0 saturated carbocycles. The molecule has 0 aliphatic carbocycles. The summed E-state index contributed by atoms with van der Waals surface area (Å²) >= 11 is 0. The molecule has 9 heteroatoms. The molecule has 1 saturated heterocycles.